The zero-order valence-electron chi connectivity index (χ0n) is 12.9. The molecule has 0 heterocycles. The number of ether oxygens (including phenoxy) is 1. The van der Waals surface area contributed by atoms with Gasteiger partial charge in [0, 0.05) is 5.69 Å². The first-order valence-corrected chi connectivity index (χ1v) is 7.39. The SMILES string of the molecule is CCCCNC(C)C(=O)Nc1ccc(C(=O)OCC)cc1. The zero-order valence-corrected chi connectivity index (χ0v) is 12.9. The van der Waals surface area contributed by atoms with Crippen molar-refractivity contribution < 1.29 is 14.3 Å². The van der Waals surface area contributed by atoms with Crippen molar-refractivity contribution in [1.29, 1.82) is 0 Å². The Kier molecular flexibility index (Phi) is 7.46. The standard InChI is InChI=1S/C16H24N2O3/c1-4-6-11-17-12(3)15(19)18-14-9-7-13(8-10-14)16(20)21-5-2/h7-10,12,17H,4-6,11H2,1-3H3,(H,18,19). The number of hydrogen-bond acceptors (Lipinski definition) is 4. The van der Waals surface area contributed by atoms with Gasteiger partial charge in [0.15, 0.2) is 0 Å². The van der Waals surface area contributed by atoms with Crippen LogP contribution < -0.4 is 10.6 Å². The molecule has 1 unspecified atom stereocenters. The van der Waals surface area contributed by atoms with Crippen LogP contribution in [0, 0.1) is 0 Å². The van der Waals surface area contributed by atoms with Crippen molar-refractivity contribution >= 4 is 17.6 Å². The van der Waals surface area contributed by atoms with E-state index in [0.717, 1.165) is 19.4 Å². The summed E-state index contributed by atoms with van der Waals surface area (Å²) >= 11 is 0. The molecule has 1 atom stereocenters. The van der Waals surface area contributed by atoms with Gasteiger partial charge in [0.1, 0.15) is 0 Å². The van der Waals surface area contributed by atoms with Crippen LogP contribution in [0.5, 0.6) is 0 Å². The van der Waals surface area contributed by atoms with Crippen LogP contribution in [0.4, 0.5) is 5.69 Å². The Morgan fingerprint density at radius 1 is 1.19 bits per heavy atom. The van der Waals surface area contributed by atoms with E-state index in [1.54, 1.807) is 31.2 Å². The number of nitrogens with one attached hydrogen (secondary N) is 2. The van der Waals surface area contributed by atoms with Gasteiger partial charge in [-0.3, -0.25) is 4.79 Å². The fraction of sp³-hybridized carbons (Fsp3) is 0.500. The Morgan fingerprint density at radius 2 is 1.86 bits per heavy atom. The van der Waals surface area contributed by atoms with E-state index in [-0.39, 0.29) is 17.9 Å². The van der Waals surface area contributed by atoms with Gasteiger partial charge in [-0.25, -0.2) is 4.79 Å². The van der Waals surface area contributed by atoms with Gasteiger partial charge < -0.3 is 15.4 Å². The monoisotopic (exact) mass is 292 g/mol. The molecule has 1 aromatic rings. The molecule has 0 aromatic heterocycles. The second kappa shape index (κ2) is 9.13. The lowest BCUT2D eigenvalue weighted by atomic mass is 10.2. The average Bonchev–Trinajstić information content (AvgIpc) is 2.48. The van der Waals surface area contributed by atoms with E-state index >= 15 is 0 Å². The predicted molar refractivity (Wildman–Crippen MR) is 83.4 cm³/mol. The molecule has 5 nitrogen and oxygen atoms in total. The van der Waals surface area contributed by atoms with Crippen LogP contribution >= 0.6 is 0 Å². The highest BCUT2D eigenvalue weighted by molar-refractivity contribution is 5.95. The number of amides is 1. The van der Waals surface area contributed by atoms with Crippen LogP contribution in [0.15, 0.2) is 24.3 Å². The first-order valence-electron chi connectivity index (χ1n) is 7.39. The maximum absolute atomic E-state index is 12.0. The van der Waals surface area contributed by atoms with Crippen molar-refractivity contribution in [3.05, 3.63) is 29.8 Å². The Bertz CT molecular complexity index is 457. The molecule has 5 heteroatoms. The molecule has 0 fully saturated rings. The van der Waals surface area contributed by atoms with Gasteiger partial charge in [-0.1, -0.05) is 13.3 Å². The molecular weight excluding hydrogens is 268 g/mol. The summed E-state index contributed by atoms with van der Waals surface area (Å²) in [7, 11) is 0. The smallest absolute Gasteiger partial charge is 0.338 e. The van der Waals surface area contributed by atoms with E-state index in [1.165, 1.54) is 0 Å². The molecule has 0 aliphatic carbocycles. The van der Waals surface area contributed by atoms with E-state index in [9.17, 15) is 9.59 Å². The van der Waals surface area contributed by atoms with Gasteiger partial charge in [0.05, 0.1) is 18.2 Å². The van der Waals surface area contributed by atoms with E-state index in [4.69, 9.17) is 4.74 Å². The third kappa shape index (κ3) is 5.95. The van der Waals surface area contributed by atoms with E-state index in [2.05, 4.69) is 17.6 Å². The minimum atomic E-state index is -0.357. The molecule has 2 N–H and O–H groups in total. The fourth-order valence-corrected chi connectivity index (χ4v) is 1.74. The van der Waals surface area contributed by atoms with Crippen LogP contribution in [0.1, 0.15) is 44.0 Å². The quantitative estimate of drug-likeness (QED) is 0.571. The summed E-state index contributed by atoms with van der Waals surface area (Å²) in [6, 6.07) is 6.43. The number of carbonyl (C=O) groups excluding carboxylic acids is 2. The molecular formula is C16H24N2O3. The van der Waals surface area contributed by atoms with Crippen molar-refractivity contribution in [3.63, 3.8) is 0 Å². The van der Waals surface area contributed by atoms with Crippen LogP contribution in [-0.4, -0.2) is 31.1 Å². The number of anilines is 1. The highest BCUT2D eigenvalue weighted by Gasteiger charge is 2.12. The summed E-state index contributed by atoms with van der Waals surface area (Å²) < 4.78 is 4.91. The highest BCUT2D eigenvalue weighted by Crippen LogP contribution is 2.11. The highest BCUT2D eigenvalue weighted by atomic mass is 16.5. The van der Waals surface area contributed by atoms with Gasteiger partial charge in [-0.05, 0) is 51.1 Å². The average molecular weight is 292 g/mol. The van der Waals surface area contributed by atoms with Crippen molar-refractivity contribution in [1.82, 2.24) is 5.32 Å². The number of rotatable bonds is 8. The van der Waals surface area contributed by atoms with Gasteiger partial charge in [-0.2, -0.15) is 0 Å². The summed E-state index contributed by atoms with van der Waals surface area (Å²) in [4.78, 5) is 23.5. The normalized spacial score (nSPS) is 11.8. The Labute approximate surface area is 126 Å². The molecule has 0 saturated carbocycles. The molecule has 21 heavy (non-hydrogen) atoms. The maximum atomic E-state index is 12.0. The molecule has 0 aliphatic rings. The summed E-state index contributed by atoms with van der Waals surface area (Å²) in [6.07, 6.45) is 2.14. The molecule has 116 valence electrons. The second-order valence-corrected chi connectivity index (χ2v) is 4.82. The topological polar surface area (TPSA) is 67.4 Å². The summed E-state index contributed by atoms with van der Waals surface area (Å²) in [5, 5.41) is 5.98. The molecule has 1 aromatic carbocycles. The fourth-order valence-electron chi connectivity index (χ4n) is 1.74. The molecule has 0 saturated heterocycles. The van der Waals surface area contributed by atoms with Crippen molar-refractivity contribution in [2.75, 3.05) is 18.5 Å². The van der Waals surface area contributed by atoms with E-state index in [1.807, 2.05) is 6.92 Å². The van der Waals surface area contributed by atoms with Crippen LogP contribution in [0.25, 0.3) is 0 Å². The molecule has 1 rings (SSSR count). The van der Waals surface area contributed by atoms with Crippen LogP contribution in [-0.2, 0) is 9.53 Å². The van der Waals surface area contributed by atoms with Gasteiger partial charge in [-0.15, -0.1) is 0 Å². The largest absolute Gasteiger partial charge is 0.462 e. The third-order valence-electron chi connectivity index (χ3n) is 3.04. The Balaban J connectivity index is 2.51. The Hall–Kier alpha value is -1.88. The molecule has 0 bridgehead atoms. The molecule has 0 spiro atoms. The zero-order chi connectivity index (χ0) is 15.7. The summed E-state index contributed by atoms with van der Waals surface area (Å²) in [5.41, 5.74) is 1.14. The number of benzene rings is 1. The van der Waals surface area contributed by atoms with Gasteiger partial charge in [0.2, 0.25) is 5.91 Å². The van der Waals surface area contributed by atoms with Crippen molar-refractivity contribution in [2.24, 2.45) is 0 Å². The molecule has 0 aliphatic heterocycles. The minimum absolute atomic E-state index is 0.0880. The first kappa shape index (κ1) is 17.2. The summed E-state index contributed by atoms with van der Waals surface area (Å²) in [5.74, 6) is -0.444. The van der Waals surface area contributed by atoms with Crippen LogP contribution in [0.3, 0.4) is 0 Å². The lowest BCUT2D eigenvalue weighted by Crippen LogP contribution is -2.38. The number of unbranched alkanes of at least 4 members (excludes halogenated alkanes) is 1. The lowest BCUT2D eigenvalue weighted by molar-refractivity contribution is -0.117. The maximum Gasteiger partial charge on any atom is 0.338 e. The minimum Gasteiger partial charge on any atom is -0.462 e. The lowest BCUT2D eigenvalue weighted by Gasteiger charge is -2.14. The van der Waals surface area contributed by atoms with Crippen molar-refractivity contribution in [3.8, 4) is 0 Å². The van der Waals surface area contributed by atoms with Gasteiger partial charge in [0.25, 0.3) is 0 Å². The number of carbonyl (C=O) groups is 2. The predicted octanol–water partition coefficient (Wildman–Crippen LogP) is 2.58. The van der Waals surface area contributed by atoms with Gasteiger partial charge >= 0.3 is 5.97 Å². The second-order valence-electron chi connectivity index (χ2n) is 4.82. The summed E-state index contributed by atoms with van der Waals surface area (Å²) in [6.45, 7) is 6.88. The van der Waals surface area contributed by atoms with Crippen LogP contribution in [0.2, 0.25) is 0 Å². The van der Waals surface area contributed by atoms with Crippen molar-refractivity contribution in [2.45, 2.75) is 39.7 Å². The number of hydrogen-bond donors (Lipinski definition) is 2. The molecule has 0 radical (unpaired) electrons. The first-order chi connectivity index (χ1) is 10.1. The molecule has 1 amide bonds. The van der Waals surface area contributed by atoms with E-state index < -0.39 is 0 Å². The van der Waals surface area contributed by atoms with E-state index in [0.29, 0.717) is 17.9 Å². The number of esters is 1. The Morgan fingerprint density at radius 3 is 2.43 bits per heavy atom. The third-order valence-corrected chi connectivity index (χ3v) is 3.04.